The molecule has 3 rings (SSSR count). The summed E-state index contributed by atoms with van der Waals surface area (Å²) in [6.07, 6.45) is 13.9. The Bertz CT molecular complexity index is 303. The van der Waals surface area contributed by atoms with Crippen molar-refractivity contribution >= 4 is 0 Å². The Hall–Kier alpha value is -0.510. The Balaban J connectivity index is 1.71. The topological polar surface area (TPSA) is 23.8 Å². The lowest BCUT2D eigenvalue weighted by molar-refractivity contribution is 0.0467. The molecular formula is C16H25N. The zero-order valence-electron chi connectivity index (χ0n) is 10.9. The molecule has 3 aliphatic rings. The minimum absolute atomic E-state index is 0.797. The molecule has 0 saturated heterocycles. The first kappa shape index (κ1) is 11.6. The van der Waals surface area contributed by atoms with Crippen molar-refractivity contribution < 1.29 is 0 Å². The van der Waals surface area contributed by atoms with E-state index in [9.17, 15) is 0 Å². The van der Waals surface area contributed by atoms with E-state index < -0.39 is 0 Å². The van der Waals surface area contributed by atoms with Crippen LogP contribution >= 0.6 is 0 Å². The number of nitriles is 1. The second-order valence-electron chi connectivity index (χ2n) is 6.66. The Morgan fingerprint density at radius 2 is 1.65 bits per heavy atom. The minimum atomic E-state index is 0.797. The van der Waals surface area contributed by atoms with Crippen LogP contribution in [-0.4, -0.2) is 0 Å². The lowest BCUT2D eigenvalue weighted by Gasteiger charge is -2.45. The van der Waals surface area contributed by atoms with Gasteiger partial charge in [-0.3, -0.25) is 0 Å². The van der Waals surface area contributed by atoms with Gasteiger partial charge >= 0.3 is 0 Å². The number of fused-ring (bicyclic) bond motifs is 3. The SMILES string of the molecule is N#CCCC1CCC2CCC3CCCCC3C12. The van der Waals surface area contributed by atoms with Gasteiger partial charge in [-0.05, 0) is 68.1 Å². The molecule has 1 heteroatoms. The van der Waals surface area contributed by atoms with Gasteiger partial charge in [-0.1, -0.05) is 19.3 Å². The molecule has 0 aliphatic heterocycles. The van der Waals surface area contributed by atoms with E-state index in [0.717, 1.165) is 36.0 Å². The molecule has 1 nitrogen and oxygen atoms in total. The van der Waals surface area contributed by atoms with Gasteiger partial charge in [-0.25, -0.2) is 0 Å². The molecule has 0 spiro atoms. The fourth-order valence-electron chi connectivity index (χ4n) is 5.35. The van der Waals surface area contributed by atoms with Crippen molar-refractivity contribution in [3.05, 3.63) is 0 Å². The third-order valence-electron chi connectivity index (χ3n) is 5.99. The Kier molecular flexibility index (Phi) is 3.41. The second kappa shape index (κ2) is 5.01. The van der Waals surface area contributed by atoms with Gasteiger partial charge < -0.3 is 0 Å². The summed E-state index contributed by atoms with van der Waals surface area (Å²) in [4.78, 5) is 0. The molecule has 3 aliphatic carbocycles. The lowest BCUT2D eigenvalue weighted by Crippen LogP contribution is -2.36. The van der Waals surface area contributed by atoms with Crippen LogP contribution in [0.3, 0.4) is 0 Å². The molecule has 5 unspecified atom stereocenters. The first-order chi connectivity index (χ1) is 8.40. The van der Waals surface area contributed by atoms with Crippen LogP contribution in [0.4, 0.5) is 0 Å². The number of rotatable bonds is 2. The van der Waals surface area contributed by atoms with Crippen molar-refractivity contribution in [1.29, 1.82) is 5.26 Å². The molecular weight excluding hydrogens is 206 g/mol. The lowest BCUT2D eigenvalue weighted by atomic mass is 9.60. The van der Waals surface area contributed by atoms with Crippen LogP contribution in [0.1, 0.15) is 64.2 Å². The van der Waals surface area contributed by atoms with Gasteiger partial charge in [0.1, 0.15) is 0 Å². The molecule has 0 aromatic heterocycles. The van der Waals surface area contributed by atoms with Crippen molar-refractivity contribution in [2.75, 3.05) is 0 Å². The van der Waals surface area contributed by atoms with Gasteiger partial charge in [0.2, 0.25) is 0 Å². The van der Waals surface area contributed by atoms with Crippen molar-refractivity contribution in [1.82, 2.24) is 0 Å². The van der Waals surface area contributed by atoms with Crippen LogP contribution in [-0.2, 0) is 0 Å². The highest BCUT2D eigenvalue weighted by Gasteiger charge is 2.46. The molecule has 0 amide bonds. The van der Waals surface area contributed by atoms with Crippen molar-refractivity contribution in [2.24, 2.45) is 29.6 Å². The summed E-state index contributed by atoms with van der Waals surface area (Å²) in [6.45, 7) is 0. The van der Waals surface area contributed by atoms with E-state index >= 15 is 0 Å². The molecule has 5 atom stereocenters. The third-order valence-corrected chi connectivity index (χ3v) is 5.99. The van der Waals surface area contributed by atoms with Gasteiger partial charge in [0, 0.05) is 6.42 Å². The molecule has 3 fully saturated rings. The summed E-state index contributed by atoms with van der Waals surface area (Å²) < 4.78 is 0. The summed E-state index contributed by atoms with van der Waals surface area (Å²) in [5.41, 5.74) is 0. The van der Waals surface area contributed by atoms with E-state index in [1.807, 2.05) is 0 Å². The second-order valence-corrected chi connectivity index (χ2v) is 6.66. The van der Waals surface area contributed by atoms with Crippen LogP contribution in [0.2, 0.25) is 0 Å². The molecule has 0 N–H and O–H groups in total. The van der Waals surface area contributed by atoms with Gasteiger partial charge in [0.15, 0.2) is 0 Å². The van der Waals surface area contributed by atoms with Gasteiger partial charge in [-0.2, -0.15) is 5.26 Å². The average Bonchev–Trinajstić information content (AvgIpc) is 2.80. The zero-order chi connectivity index (χ0) is 11.7. The maximum Gasteiger partial charge on any atom is 0.0621 e. The molecule has 0 aromatic carbocycles. The first-order valence-electron chi connectivity index (χ1n) is 7.77. The predicted octanol–water partition coefficient (Wildman–Crippen LogP) is 4.53. The molecule has 0 bridgehead atoms. The summed E-state index contributed by atoms with van der Waals surface area (Å²) >= 11 is 0. The summed E-state index contributed by atoms with van der Waals surface area (Å²) in [5, 5.41) is 8.81. The van der Waals surface area contributed by atoms with Gasteiger partial charge in [0.25, 0.3) is 0 Å². The summed E-state index contributed by atoms with van der Waals surface area (Å²) in [7, 11) is 0. The van der Waals surface area contributed by atoms with Crippen LogP contribution in [0.25, 0.3) is 0 Å². The van der Waals surface area contributed by atoms with Crippen molar-refractivity contribution in [3.63, 3.8) is 0 Å². The van der Waals surface area contributed by atoms with E-state index in [1.165, 1.54) is 57.8 Å². The van der Waals surface area contributed by atoms with E-state index in [1.54, 1.807) is 0 Å². The third kappa shape index (κ3) is 2.12. The van der Waals surface area contributed by atoms with Crippen LogP contribution in [0, 0.1) is 40.9 Å². The van der Waals surface area contributed by atoms with E-state index in [2.05, 4.69) is 6.07 Å². The maximum atomic E-state index is 8.81. The predicted molar refractivity (Wildman–Crippen MR) is 69.2 cm³/mol. The summed E-state index contributed by atoms with van der Waals surface area (Å²) in [6, 6.07) is 2.36. The van der Waals surface area contributed by atoms with Crippen LogP contribution < -0.4 is 0 Å². The highest BCUT2D eigenvalue weighted by atomic mass is 14.5. The van der Waals surface area contributed by atoms with E-state index in [0.29, 0.717) is 0 Å². The van der Waals surface area contributed by atoms with Gasteiger partial charge in [0.05, 0.1) is 6.07 Å². The monoisotopic (exact) mass is 231 g/mol. The molecule has 0 aromatic rings. The number of hydrogen-bond acceptors (Lipinski definition) is 1. The molecule has 0 radical (unpaired) electrons. The van der Waals surface area contributed by atoms with Crippen LogP contribution in [0.15, 0.2) is 0 Å². The van der Waals surface area contributed by atoms with Crippen LogP contribution in [0.5, 0.6) is 0 Å². The van der Waals surface area contributed by atoms with E-state index in [4.69, 9.17) is 5.26 Å². The number of hydrogen-bond donors (Lipinski definition) is 0. The minimum Gasteiger partial charge on any atom is -0.198 e. The Morgan fingerprint density at radius 3 is 2.53 bits per heavy atom. The van der Waals surface area contributed by atoms with Crippen molar-refractivity contribution in [3.8, 4) is 6.07 Å². The maximum absolute atomic E-state index is 8.81. The average molecular weight is 231 g/mol. The largest absolute Gasteiger partial charge is 0.198 e. The summed E-state index contributed by atoms with van der Waals surface area (Å²) in [5.74, 6) is 5.08. The Labute approximate surface area is 106 Å². The molecule has 3 saturated carbocycles. The standard InChI is InChI=1S/C16H25N/c17-11-3-5-13-9-10-14-8-7-12-4-1-2-6-15(12)16(13)14/h12-16H,1-10H2. The first-order valence-corrected chi connectivity index (χ1v) is 7.77. The number of nitrogens with zero attached hydrogens (tertiary/aromatic N) is 1. The molecule has 0 heterocycles. The fraction of sp³-hybridized carbons (Fsp3) is 0.938. The van der Waals surface area contributed by atoms with Gasteiger partial charge in [-0.15, -0.1) is 0 Å². The quantitative estimate of drug-likeness (QED) is 0.685. The van der Waals surface area contributed by atoms with Crippen molar-refractivity contribution in [2.45, 2.75) is 64.2 Å². The van der Waals surface area contributed by atoms with E-state index in [-0.39, 0.29) is 0 Å². The normalized spacial score (nSPS) is 44.8. The highest BCUT2D eigenvalue weighted by Crippen LogP contribution is 2.55. The highest BCUT2D eigenvalue weighted by molar-refractivity contribution is 4.97. The fourth-order valence-corrected chi connectivity index (χ4v) is 5.35. The zero-order valence-corrected chi connectivity index (χ0v) is 10.9. The molecule has 17 heavy (non-hydrogen) atoms. The smallest absolute Gasteiger partial charge is 0.0621 e. The molecule has 94 valence electrons. The Morgan fingerprint density at radius 1 is 0.882 bits per heavy atom.